The molecule has 2 atom stereocenters. The number of nitrogens with one attached hydrogen (secondary N) is 2. The third kappa shape index (κ3) is 7.03. The van der Waals surface area contributed by atoms with E-state index in [4.69, 9.17) is 9.47 Å². The molecule has 1 aliphatic rings. The summed E-state index contributed by atoms with van der Waals surface area (Å²) in [6.45, 7) is 0.108. The molecule has 0 unspecified atom stereocenters. The van der Waals surface area contributed by atoms with Crippen molar-refractivity contribution in [3.63, 3.8) is 0 Å². The number of alkyl carbamates (subject to hydrolysis) is 1. The van der Waals surface area contributed by atoms with Gasteiger partial charge in [0.1, 0.15) is 18.7 Å². The molecule has 0 radical (unpaired) electrons. The lowest BCUT2D eigenvalue weighted by Gasteiger charge is -2.22. The Hall–Kier alpha value is -4.95. The van der Waals surface area contributed by atoms with Crippen LogP contribution in [-0.4, -0.2) is 48.4 Å². The van der Waals surface area contributed by atoms with Crippen molar-refractivity contribution in [3.8, 4) is 11.1 Å². The van der Waals surface area contributed by atoms with E-state index >= 15 is 0 Å². The summed E-state index contributed by atoms with van der Waals surface area (Å²) >= 11 is 0. The summed E-state index contributed by atoms with van der Waals surface area (Å²) in [5, 5.41) is 14.9. The van der Waals surface area contributed by atoms with Crippen molar-refractivity contribution >= 4 is 18.0 Å². The number of carboxylic acid groups (broad SMARTS) is 1. The van der Waals surface area contributed by atoms with Crippen LogP contribution in [0.5, 0.6) is 0 Å². The van der Waals surface area contributed by atoms with E-state index in [-0.39, 0.29) is 32.2 Å². The first-order chi connectivity index (χ1) is 20.5. The van der Waals surface area contributed by atoms with Crippen molar-refractivity contribution < 1.29 is 29.0 Å². The number of aliphatic carboxylic acids is 1. The lowest BCUT2D eigenvalue weighted by molar-refractivity contribution is -0.142. The summed E-state index contributed by atoms with van der Waals surface area (Å²) in [7, 11) is 0. The summed E-state index contributed by atoms with van der Waals surface area (Å²) in [6.07, 6.45) is -0.708. The lowest BCUT2D eigenvalue weighted by Crippen LogP contribution is -2.54. The number of fused-ring (bicyclic) bond motifs is 3. The molecule has 3 N–H and O–H groups in total. The molecule has 0 fully saturated rings. The predicted molar refractivity (Wildman–Crippen MR) is 158 cm³/mol. The highest BCUT2D eigenvalue weighted by molar-refractivity contribution is 5.89. The molecule has 214 valence electrons. The number of carboxylic acids is 1. The molecule has 0 saturated carbocycles. The van der Waals surface area contributed by atoms with Crippen molar-refractivity contribution in [2.75, 3.05) is 13.2 Å². The van der Waals surface area contributed by atoms with Crippen LogP contribution in [0, 0.1) is 0 Å². The van der Waals surface area contributed by atoms with Gasteiger partial charge >= 0.3 is 12.1 Å². The van der Waals surface area contributed by atoms with Crippen LogP contribution in [0.2, 0.25) is 0 Å². The van der Waals surface area contributed by atoms with Crippen molar-refractivity contribution in [1.82, 2.24) is 10.6 Å². The molecule has 0 spiro atoms. The first-order valence-corrected chi connectivity index (χ1v) is 13.8. The van der Waals surface area contributed by atoms with Crippen LogP contribution < -0.4 is 10.6 Å². The maximum Gasteiger partial charge on any atom is 0.407 e. The van der Waals surface area contributed by atoms with E-state index in [2.05, 4.69) is 10.6 Å². The quantitative estimate of drug-likeness (QED) is 0.225. The highest BCUT2D eigenvalue weighted by Gasteiger charge is 2.31. The maximum atomic E-state index is 13.3. The predicted octanol–water partition coefficient (Wildman–Crippen LogP) is 4.92. The van der Waals surface area contributed by atoms with Gasteiger partial charge in [-0.25, -0.2) is 9.59 Å². The van der Waals surface area contributed by atoms with E-state index in [1.54, 1.807) is 24.3 Å². The van der Waals surface area contributed by atoms with Gasteiger partial charge in [0, 0.05) is 12.3 Å². The third-order valence-corrected chi connectivity index (χ3v) is 7.25. The van der Waals surface area contributed by atoms with Gasteiger partial charge in [-0.05, 0) is 33.4 Å². The molecule has 5 rings (SSSR count). The Bertz CT molecular complexity index is 1480. The Morgan fingerprint density at radius 2 is 1.24 bits per heavy atom. The van der Waals surface area contributed by atoms with E-state index in [9.17, 15) is 19.5 Å². The fourth-order valence-electron chi connectivity index (χ4n) is 5.16. The molecule has 1 aliphatic carbocycles. The van der Waals surface area contributed by atoms with Gasteiger partial charge < -0.3 is 25.2 Å². The zero-order valence-corrected chi connectivity index (χ0v) is 22.9. The standard InChI is InChI=1S/C34H32N2O6/c37-32(35-30(33(38)39)19-23-11-3-1-4-12-23)31(22-41-20-24-13-5-2-6-14-24)36-34(40)42-21-29-27-17-9-7-15-25(27)26-16-8-10-18-28(26)29/h1-18,29-31H,19-22H2,(H,35,37)(H,36,40)(H,38,39)/t30-,31-/m0/s1. The average molecular weight is 565 g/mol. The van der Waals surface area contributed by atoms with E-state index in [0.717, 1.165) is 33.4 Å². The van der Waals surface area contributed by atoms with Crippen LogP contribution in [0.25, 0.3) is 11.1 Å². The Labute approximate surface area is 244 Å². The molecule has 0 saturated heterocycles. The summed E-state index contributed by atoms with van der Waals surface area (Å²) < 4.78 is 11.4. The number of carbonyl (C=O) groups excluding carboxylic acids is 2. The maximum absolute atomic E-state index is 13.3. The minimum atomic E-state index is -1.19. The number of carbonyl (C=O) groups is 3. The van der Waals surface area contributed by atoms with Crippen LogP contribution >= 0.6 is 0 Å². The number of hydrogen-bond acceptors (Lipinski definition) is 5. The zero-order chi connectivity index (χ0) is 29.3. The van der Waals surface area contributed by atoms with Crippen LogP contribution in [0.15, 0.2) is 109 Å². The van der Waals surface area contributed by atoms with E-state index in [1.807, 2.05) is 84.9 Å². The van der Waals surface area contributed by atoms with Gasteiger partial charge in [0.25, 0.3) is 0 Å². The van der Waals surface area contributed by atoms with Gasteiger partial charge in [0.2, 0.25) is 5.91 Å². The monoisotopic (exact) mass is 564 g/mol. The molecule has 4 aromatic carbocycles. The lowest BCUT2D eigenvalue weighted by atomic mass is 9.98. The van der Waals surface area contributed by atoms with Gasteiger partial charge in [-0.2, -0.15) is 0 Å². The molecule has 4 aromatic rings. The summed E-state index contributed by atoms with van der Waals surface area (Å²) in [5.74, 6) is -2.01. The van der Waals surface area contributed by atoms with Crippen LogP contribution in [0.3, 0.4) is 0 Å². The highest BCUT2D eigenvalue weighted by Crippen LogP contribution is 2.44. The number of benzene rings is 4. The normalized spacial score (nSPS) is 13.3. The molecule has 0 heterocycles. The molecule has 42 heavy (non-hydrogen) atoms. The minimum Gasteiger partial charge on any atom is -0.480 e. The molecular formula is C34H32N2O6. The van der Waals surface area contributed by atoms with E-state index < -0.39 is 30.1 Å². The summed E-state index contributed by atoms with van der Waals surface area (Å²) in [5.41, 5.74) is 5.99. The molecule has 0 aromatic heterocycles. The molecule has 0 aliphatic heterocycles. The summed E-state index contributed by atoms with van der Waals surface area (Å²) in [6, 6.07) is 32.0. The Balaban J connectivity index is 1.25. The molecule has 2 amide bonds. The zero-order valence-electron chi connectivity index (χ0n) is 22.9. The molecule has 8 heteroatoms. The van der Waals surface area contributed by atoms with Gasteiger partial charge in [0.15, 0.2) is 0 Å². The van der Waals surface area contributed by atoms with E-state index in [1.165, 1.54) is 0 Å². The number of amides is 2. The van der Waals surface area contributed by atoms with Gasteiger partial charge in [-0.15, -0.1) is 0 Å². The largest absolute Gasteiger partial charge is 0.480 e. The molecule has 8 nitrogen and oxygen atoms in total. The van der Waals surface area contributed by atoms with Gasteiger partial charge in [-0.1, -0.05) is 109 Å². The van der Waals surface area contributed by atoms with Crippen molar-refractivity contribution in [2.45, 2.75) is 31.0 Å². The first kappa shape index (κ1) is 28.6. The second kappa shape index (κ2) is 13.6. The SMILES string of the molecule is O=C(N[C@@H](COCc1ccccc1)C(=O)N[C@@H](Cc1ccccc1)C(=O)O)OCC1c2ccccc2-c2ccccc21. The Kier molecular flexibility index (Phi) is 9.26. The average Bonchev–Trinajstić information content (AvgIpc) is 3.33. The van der Waals surface area contributed by atoms with Crippen LogP contribution in [0.1, 0.15) is 28.2 Å². The fraction of sp³-hybridized carbons (Fsp3) is 0.206. The van der Waals surface area contributed by atoms with Gasteiger partial charge in [0.05, 0.1) is 13.2 Å². The fourth-order valence-corrected chi connectivity index (χ4v) is 5.16. The van der Waals surface area contributed by atoms with Crippen molar-refractivity contribution in [1.29, 1.82) is 0 Å². The Morgan fingerprint density at radius 3 is 1.83 bits per heavy atom. The van der Waals surface area contributed by atoms with E-state index in [0.29, 0.717) is 0 Å². The third-order valence-electron chi connectivity index (χ3n) is 7.25. The van der Waals surface area contributed by atoms with Crippen LogP contribution in [-0.2, 0) is 32.1 Å². The summed E-state index contributed by atoms with van der Waals surface area (Å²) in [4.78, 5) is 38.3. The van der Waals surface area contributed by atoms with Crippen molar-refractivity contribution in [3.05, 3.63) is 131 Å². The number of ether oxygens (including phenoxy) is 2. The second-order valence-electron chi connectivity index (χ2n) is 10.1. The first-order valence-electron chi connectivity index (χ1n) is 13.8. The smallest absolute Gasteiger partial charge is 0.407 e. The Morgan fingerprint density at radius 1 is 0.690 bits per heavy atom. The second-order valence-corrected chi connectivity index (χ2v) is 10.1. The number of hydrogen-bond donors (Lipinski definition) is 3. The minimum absolute atomic E-state index is 0.0742. The van der Waals surface area contributed by atoms with Crippen molar-refractivity contribution in [2.24, 2.45) is 0 Å². The number of rotatable bonds is 12. The molecular weight excluding hydrogens is 532 g/mol. The van der Waals surface area contributed by atoms with Gasteiger partial charge in [-0.3, -0.25) is 4.79 Å². The topological polar surface area (TPSA) is 114 Å². The highest BCUT2D eigenvalue weighted by atomic mass is 16.5. The molecule has 0 bridgehead atoms. The van der Waals surface area contributed by atoms with Crippen LogP contribution in [0.4, 0.5) is 4.79 Å².